The van der Waals surface area contributed by atoms with Gasteiger partial charge >= 0.3 is 0 Å². The Morgan fingerprint density at radius 3 is 2.60 bits per heavy atom. The highest BCUT2D eigenvalue weighted by Crippen LogP contribution is 2.16. The fourth-order valence-corrected chi connectivity index (χ4v) is 3.15. The van der Waals surface area contributed by atoms with Crippen molar-refractivity contribution in [2.45, 2.75) is 18.4 Å². The summed E-state index contributed by atoms with van der Waals surface area (Å²) in [5.41, 5.74) is 0.873. The Hall–Kier alpha value is -2.45. The topological polar surface area (TPSA) is 97.4 Å². The van der Waals surface area contributed by atoms with Crippen molar-refractivity contribution in [1.82, 2.24) is 15.6 Å². The first-order valence-electron chi connectivity index (χ1n) is 7.83. The second-order valence-electron chi connectivity index (χ2n) is 5.23. The zero-order chi connectivity index (χ0) is 18.1. The van der Waals surface area contributed by atoms with Crippen molar-refractivity contribution in [3.63, 3.8) is 0 Å². The number of carbonyl (C=O) groups is 1. The summed E-state index contributed by atoms with van der Waals surface area (Å²) in [5, 5.41) is 5.35. The zero-order valence-electron chi connectivity index (χ0n) is 13.9. The smallest absolute Gasteiger partial charge is 0.234 e. The Kier molecular flexibility index (Phi) is 6.91. The minimum atomic E-state index is -3.51. The molecule has 0 bridgehead atoms. The van der Waals surface area contributed by atoms with Gasteiger partial charge in [-0.2, -0.15) is 0 Å². The first kappa shape index (κ1) is 18.9. The number of rotatable bonds is 9. The van der Waals surface area contributed by atoms with E-state index in [-0.39, 0.29) is 23.2 Å². The number of hydrogen-bond donors (Lipinski definition) is 2. The van der Waals surface area contributed by atoms with Crippen molar-refractivity contribution < 1.29 is 17.9 Å². The van der Waals surface area contributed by atoms with E-state index in [1.807, 2.05) is 13.0 Å². The molecule has 0 aliphatic heterocycles. The second kappa shape index (κ2) is 9.14. The number of pyridine rings is 1. The van der Waals surface area contributed by atoms with Gasteiger partial charge in [0.05, 0.1) is 18.0 Å². The summed E-state index contributed by atoms with van der Waals surface area (Å²) in [6.07, 6.45) is 3.31. The van der Waals surface area contributed by atoms with Crippen LogP contribution in [0.1, 0.15) is 12.5 Å². The van der Waals surface area contributed by atoms with Crippen LogP contribution in [0.5, 0.6) is 5.75 Å². The normalized spacial score (nSPS) is 11.1. The summed E-state index contributed by atoms with van der Waals surface area (Å²) < 4.78 is 29.7. The molecule has 1 heterocycles. The van der Waals surface area contributed by atoms with Gasteiger partial charge in [-0.05, 0) is 42.8 Å². The molecule has 8 heteroatoms. The number of hydrogen-bond acceptors (Lipinski definition) is 6. The number of sulfone groups is 1. The van der Waals surface area contributed by atoms with Gasteiger partial charge < -0.3 is 10.1 Å². The predicted octanol–water partition coefficient (Wildman–Crippen LogP) is 1.12. The van der Waals surface area contributed by atoms with Gasteiger partial charge in [0.2, 0.25) is 5.91 Å². The third-order valence-electron chi connectivity index (χ3n) is 3.28. The van der Waals surface area contributed by atoms with Crippen LogP contribution >= 0.6 is 0 Å². The summed E-state index contributed by atoms with van der Waals surface area (Å²) in [6.45, 7) is 2.63. The van der Waals surface area contributed by atoms with Crippen LogP contribution in [-0.2, 0) is 21.2 Å². The highest BCUT2D eigenvalue weighted by atomic mass is 32.2. The van der Waals surface area contributed by atoms with Crippen LogP contribution < -0.4 is 15.4 Å². The molecule has 2 N–H and O–H groups in total. The summed E-state index contributed by atoms with van der Waals surface area (Å²) in [5.74, 6) is 0.0105. The summed E-state index contributed by atoms with van der Waals surface area (Å²) in [4.78, 5) is 15.9. The number of benzene rings is 1. The summed E-state index contributed by atoms with van der Waals surface area (Å²) in [6, 6.07) is 9.82. The minimum absolute atomic E-state index is 0.0868. The molecule has 0 saturated heterocycles. The molecule has 0 radical (unpaired) electrons. The number of ether oxygens (including phenoxy) is 1. The molecular formula is C17H21N3O4S. The van der Waals surface area contributed by atoms with E-state index < -0.39 is 9.84 Å². The highest BCUT2D eigenvalue weighted by Gasteiger charge is 2.14. The van der Waals surface area contributed by atoms with Crippen LogP contribution in [0.3, 0.4) is 0 Å². The predicted molar refractivity (Wildman–Crippen MR) is 93.8 cm³/mol. The van der Waals surface area contributed by atoms with E-state index in [0.717, 1.165) is 5.56 Å². The van der Waals surface area contributed by atoms with Crippen molar-refractivity contribution in [2.24, 2.45) is 0 Å². The van der Waals surface area contributed by atoms with Crippen molar-refractivity contribution >= 4 is 15.7 Å². The highest BCUT2D eigenvalue weighted by molar-refractivity contribution is 7.91. The lowest BCUT2D eigenvalue weighted by Gasteiger charge is -2.08. The van der Waals surface area contributed by atoms with E-state index in [1.165, 1.54) is 12.1 Å². The van der Waals surface area contributed by atoms with E-state index >= 15 is 0 Å². The maximum absolute atomic E-state index is 12.2. The number of nitrogens with zero attached hydrogens (tertiary/aromatic N) is 1. The molecule has 0 unspecified atom stereocenters. The first-order chi connectivity index (χ1) is 12.0. The molecule has 2 aromatic rings. The van der Waals surface area contributed by atoms with Gasteiger partial charge in [-0.25, -0.2) is 8.42 Å². The number of carbonyl (C=O) groups excluding carboxylic acids is 1. The van der Waals surface area contributed by atoms with Crippen molar-refractivity contribution in [2.75, 3.05) is 19.0 Å². The standard InChI is InChI=1S/C17H21N3O4S/c1-2-24-15-5-7-16(8-6-15)25(22,23)13-19-12-17(21)20-11-14-4-3-9-18-10-14/h3-10,19H,2,11-13H2,1H3,(H,20,21). The Balaban J connectivity index is 1.78. The molecule has 1 aromatic heterocycles. The summed E-state index contributed by atoms with van der Waals surface area (Å²) >= 11 is 0. The molecule has 0 aliphatic rings. The quantitative estimate of drug-likeness (QED) is 0.693. The maximum Gasteiger partial charge on any atom is 0.234 e. The molecule has 0 aliphatic carbocycles. The molecule has 0 atom stereocenters. The Morgan fingerprint density at radius 1 is 1.20 bits per heavy atom. The number of aromatic nitrogens is 1. The minimum Gasteiger partial charge on any atom is -0.494 e. The van der Waals surface area contributed by atoms with Crippen LogP contribution in [0, 0.1) is 0 Å². The fraction of sp³-hybridized carbons (Fsp3) is 0.294. The molecule has 1 aromatic carbocycles. The SMILES string of the molecule is CCOc1ccc(S(=O)(=O)CNCC(=O)NCc2cccnc2)cc1. The van der Waals surface area contributed by atoms with Crippen molar-refractivity contribution in [3.8, 4) is 5.75 Å². The first-order valence-corrected chi connectivity index (χ1v) is 9.48. The fourth-order valence-electron chi connectivity index (χ4n) is 2.06. The molecule has 0 spiro atoms. The Morgan fingerprint density at radius 2 is 1.96 bits per heavy atom. The van der Waals surface area contributed by atoms with Crippen LogP contribution in [-0.4, -0.2) is 38.3 Å². The van der Waals surface area contributed by atoms with Gasteiger partial charge in [-0.3, -0.25) is 15.1 Å². The van der Waals surface area contributed by atoms with Gasteiger partial charge in [-0.15, -0.1) is 0 Å². The van der Waals surface area contributed by atoms with E-state index in [2.05, 4.69) is 15.6 Å². The molecule has 7 nitrogen and oxygen atoms in total. The Bertz CT molecular complexity index is 777. The van der Waals surface area contributed by atoms with Crippen LogP contribution in [0.25, 0.3) is 0 Å². The van der Waals surface area contributed by atoms with Gasteiger partial charge in [0.15, 0.2) is 9.84 Å². The van der Waals surface area contributed by atoms with E-state index in [9.17, 15) is 13.2 Å². The lowest BCUT2D eigenvalue weighted by molar-refractivity contribution is -0.120. The largest absolute Gasteiger partial charge is 0.494 e. The van der Waals surface area contributed by atoms with Crippen LogP contribution in [0.2, 0.25) is 0 Å². The molecule has 0 fully saturated rings. The van der Waals surface area contributed by atoms with Gasteiger partial charge in [0, 0.05) is 18.9 Å². The lowest BCUT2D eigenvalue weighted by atomic mass is 10.3. The van der Waals surface area contributed by atoms with Crippen molar-refractivity contribution in [1.29, 1.82) is 0 Å². The Labute approximate surface area is 147 Å². The molecule has 25 heavy (non-hydrogen) atoms. The van der Waals surface area contributed by atoms with E-state index in [4.69, 9.17) is 4.74 Å². The number of amides is 1. The average Bonchev–Trinajstić information content (AvgIpc) is 2.61. The van der Waals surface area contributed by atoms with Gasteiger partial charge in [0.1, 0.15) is 11.6 Å². The van der Waals surface area contributed by atoms with Gasteiger partial charge in [-0.1, -0.05) is 6.07 Å². The second-order valence-corrected chi connectivity index (χ2v) is 7.22. The van der Waals surface area contributed by atoms with Gasteiger partial charge in [0.25, 0.3) is 0 Å². The third kappa shape index (κ3) is 6.17. The summed E-state index contributed by atoms with van der Waals surface area (Å²) in [7, 11) is -3.51. The number of nitrogens with one attached hydrogen (secondary N) is 2. The molecule has 2 rings (SSSR count). The van der Waals surface area contributed by atoms with Crippen LogP contribution in [0.4, 0.5) is 0 Å². The van der Waals surface area contributed by atoms with Crippen LogP contribution in [0.15, 0.2) is 53.7 Å². The van der Waals surface area contributed by atoms with E-state index in [0.29, 0.717) is 18.9 Å². The van der Waals surface area contributed by atoms with Crippen molar-refractivity contribution in [3.05, 3.63) is 54.4 Å². The third-order valence-corrected chi connectivity index (χ3v) is 4.86. The van der Waals surface area contributed by atoms with E-state index in [1.54, 1.807) is 30.6 Å². The molecule has 134 valence electrons. The molecule has 0 saturated carbocycles. The molecule has 1 amide bonds. The lowest BCUT2D eigenvalue weighted by Crippen LogP contribution is -2.35. The zero-order valence-corrected chi connectivity index (χ0v) is 14.8. The average molecular weight is 363 g/mol. The maximum atomic E-state index is 12.2. The molecular weight excluding hydrogens is 342 g/mol. The monoisotopic (exact) mass is 363 g/mol.